The van der Waals surface area contributed by atoms with E-state index in [1.807, 2.05) is 0 Å². The zero-order chi connectivity index (χ0) is 2.71. The van der Waals surface area contributed by atoms with E-state index in [0.29, 0.717) is 0 Å². The number of halogens is 2. The highest BCUT2D eigenvalue weighted by atomic mass is 35.7. The summed E-state index contributed by atoms with van der Waals surface area (Å²) < 4.78 is 0. The Morgan fingerprint density at radius 1 is 0.714 bits per heavy atom. The highest BCUT2D eigenvalue weighted by Crippen LogP contribution is 1.67. The fourth-order valence-corrected chi connectivity index (χ4v) is 0. The van der Waals surface area contributed by atoms with Crippen LogP contribution in [-0.4, -0.2) is 30.0 Å². The maximum absolute atomic E-state index is 4.79. The van der Waals surface area contributed by atoms with Crippen LogP contribution in [0.3, 0.4) is 0 Å². The van der Waals surface area contributed by atoms with E-state index in [2.05, 4.69) is 0 Å². The van der Waals surface area contributed by atoms with Gasteiger partial charge in [-0.2, -0.15) is 0 Å². The van der Waals surface area contributed by atoms with E-state index in [1.165, 1.54) is 0 Å². The number of hydrogen-bond acceptors (Lipinski definition) is 0. The minimum absolute atomic E-state index is 0. The lowest BCUT2D eigenvalue weighted by Crippen LogP contribution is -1.36. The van der Waals surface area contributed by atoms with E-state index in [-0.39, 0.29) is 30.0 Å². The second-order valence-corrected chi connectivity index (χ2v) is 1.93. The van der Waals surface area contributed by atoms with Crippen LogP contribution in [0.25, 0.3) is 0 Å². The monoisotopic (exact) mass is 170 g/mol. The molecule has 0 atom stereocenters. The van der Waals surface area contributed by atoms with Crippen molar-refractivity contribution >= 4 is 30.3 Å². The molecule has 0 fully saturated rings. The molecule has 0 unspecified atom stereocenters. The van der Waals surface area contributed by atoms with E-state index in [1.54, 1.807) is 0 Å². The first-order valence-corrected chi connectivity index (χ1v) is 3.40. The van der Waals surface area contributed by atoms with Crippen LogP contribution in [0, 0.1) is 0 Å². The Morgan fingerprint density at radius 2 is 0.714 bits per heavy atom. The van der Waals surface area contributed by atoms with Crippen molar-refractivity contribution in [3.05, 3.63) is 0 Å². The third kappa shape index (κ3) is 352. The molecule has 7 heteroatoms. The maximum Gasteiger partial charge on any atom is 0.295 e. The lowest BCUT2D eigenvalue weighted by molar-refractivity contribution is 0.823. The molecular weight excluding hydrogens is 163 g/mol. The molecular formula is H8Cl2O4Si. The van der Waals surface area contributed by atoms with Gasteiger partial charge in [0, 0.05) is 0 Å². The van der Waals surface area contributed by atoms with Gasteiger partial charge in [-0.1, -0.05) is 0 Å². The van der Waals surface area contributed by atoms with Crippen molar-refractivity contribution in [3.8, 4) is 0 Å². The predicted octanol–water partition coefficient (Wildman–Crippen LogP) is -2.30. The van der Waals surface area contributed by atoms with Gasteiger partial charge in [-0.15, -0.1) is 22.2 Å². The SMILES string of the molecule is Cl[Si]Cl.O.O.O.O. The third-order valence-corrected chi connectivity index (χ3v) is 0. The Balaban J connectivity index is -0.00000000333. The van der Waals surface area contributed by atoms with Crippen molar-refractivity contribution in [2.75, 3.05) is 0 Å². The Morgan fingerprint density at radius 3 is 0.714 bits per heavy atom. The molecule has 0 saturated carbocycles. The first-order chi connectivity index (χ1) is 1.41. The molecule has 0 bridgehead atoms. The smallest absolute Gasteiger partial charge is 0.295 e. The lowest BCUT2D eigenvalue weighted by atomic mass is 16.0. The van der Waals surface area contributed by atoms with Crippen molar-refractivity contribution in [2.45, 2.75) is 0 Å². The van der Waals surface area contributed by atoms with Gasteiger partial charge in [0.05, 0.1) is 0 Å². The Bertz CT molecular complexity index is 9.65. The molecule has 0 heterocycles. The molecule has 0 aliphatic carbocycles. The van der Waals surface area contributed by atoms with Crippen LogP contribution in [0.4, 0.5) is 0 Å². The first-order valence-electron chi connectivity index (χ1n) is 0.378. The Labute approximate surface area is 52.9 Å². The zero-order valence-electron chi connectivity index (χ0n) is 3.26. The van der Waals surface area contributed by atoms with Crippen LogP contribution in [0.2, 0.25) is 0 Å². The van der Waals surface area contributed by atoms with Gasteiger partial charge in [-0.3, -0.25) is 0 Å². The van der Waals surface area contributed by atoms with Gasteiger partial charge in [0.1, 0.15) is 0 Å². The first kappa shape index (κ1) is 48.4. The summed E-state index contributed by atoms with van der Waals surface area (Å²) in [5.41, 5.74) is 0. The number of hydrogen-bond donors (Lipinski definition) is 0. The molecule has 0 amide bonds. The molecule has 2 radical (unpaired) electrons. The van der Waals surface area contributed by atoms with Crippen LogP contribution < -0.4 is 0 Å². The second-order valence-electron chi connectivity index (χ2n) is 0.0714. The Hall–Kier alpha value is 0.637. The molecule has 7 heavy (non-hydrogen) atoms. The Kier molecular flexibility index (Phi) is 544. The van der Waals surface area contributed by atoms with Gasteiger partial charge in [0.15, 0.2) is 0 Å². The molecule has 0 rings (SSSR count). The topological polar surface area (TPSA) is 126 Å². The van der Waals surface area contributed by atoms with Crippen molar-refractivity contribution < 1.29 is 21.9 Å². The van der Waals surface area contributed by atoms with Crippen LogP contribution in [0.15, 0.2) is 0 Å². The minimum atomic E-state index is 0. The van der Waals surface area contributed by atoms with Crippen molar-refractivity contribution in [2.24, 2.45) is 0 Å². The molecule has 0 spiro atoms. The van der Waals surface area contributed by atoms with Crippen LogP contribution in [-0.2, 0) is 0 Å². The van der Waals surface area contributed by atoms with Crippen molar-refractivity contribution in [1.29, 1.82) is 0 Å². The molecule has 8 N–H and O–H groups in total. The molecule has 50 valence electrons. The highest BCUT2D eigenvalue weighted by molar-refractivity contribution is 7.22. The largest absolute Gasteiger partial charge is 0.412 e. The van der Waals surface area contributed by atoms with Crippen LogP contribution in [0.5, 0.6) is 0 Å². The third-order valence-electron chi connectivity index (χ3n) is 0. The molecule has 0 aliphatic rings. The molecule has 0 saturated heterocycles. The van der Waals surface area contributed by atoms with Gasteiger partial charge < -0.3 is 21.9 Å². The summed E-state index contributed by atoms with van der Waals surface area (Å²) >= 11 is 9.58. The van der Waals surface area contributed by atoms with E-state index in [9.17, 15) is 0 Å². The summed E-state index contributed by atoms with van der Waals surface area (Å²) in [6.07, 6.45) is 0. The van der Waals surface area contributed by atoms with Gasteiger partial charge in [-0.05, 0) is 0 Å². The average molecular weight is 171 g/mol. The predicted molar refractivity (Wildman–Crippen MR) is 31.9 cm³/mol. The molecule has 0 aromatic heterocycles. The average Bonchev–Trinajstić information content (AvgIpc) is 0.918. The molecule has 0 aromatic carbocycles. The van der Waals surface area contributed by atoms with E-state index in [0.717, 1.165) is 0 Å². The normalized spacial score (nSPS) is 2.57. The van der Waals surface area contributed by atoms with E-state index < -0.39 is 0 Å². The van der Waals surface area contributed by atoms with Crippen LogP contribution in [0.1, 0.15) is 0 Å². The summed E-state index contributed by atoms with van der Waals surface area (Å²) in [7, 11) is 0.0278. The maximum atomic E-state index is 4.79. The molecule has 4 nitrogen and oxygen atoms in total. The van der Waals surface area contributed by atoms with E-state index in [4.69, 9.17) is 22.2 Å². The zero-order valence-corrected chi connectivity index (χ0v) is 5.77. The quantitative estimate of drug-likeness (QED) is 0.287. The van der Waals surface area contributed by atoms with Crippen molar-refractivity contribution in [1.82, 2.24) is 0 Å². The molecule has 0 aliphatic heterocycles. The summed E-state index contributed by atoms with van der Waals surface area (Å²) in [4.78, 5) is 0. The van der Waals surface area contributed by atoms with Gasteiger partial charge in [0.2, 0.25) is 0 Å². The summed E-state index contributed by atoms with van der Waals surface area (Å²) in [5.74, 6) is 0. The standard InChI is InChI=1S/Cl2Si.4H2O/c1-3-2;;;;/h;4*1H2. The van der Waals surface area contributed by atoms with Gasteiger partial charge in [0.25, 0.3) is 8.14 Å². The molecule has 0 aromatic rings. The fraction of sp³-hybridized carbons (Fsp3) is 0. The fourth-order valence-electron chi connectivity index (χ4n) is 0. The van der Waals surface area contributed by atoms with E-state index >= 15 is 0 Å². The van der Waals surface area contributed by atoms with Crippen LogP contribution >= 0.6 is 22.2 Å². The van der Waals surface area contributed by atoms with Gasteiger partial charge in [-0.25, -0.2) is 0 Å². The summed E-state index contributed by atoms with van der Waals surface area (Å²) in [6.45, 7) is 0. The summed E-state index contributed by atoms with van der Waals surface area (Å²) in [5, 5.41) is 0. The van der Waals surface area contributed by atoms with Gasteiger partial charge >= 0.3 is 0 Å². The lowest BCUT2D eigenvalue weighted by Gasteiger charge is -1.36. The summed E-state index contributed by atoms with van der Waals surface area (Å²) in [6, 6.07) is 0. The minimum Gasteiger partial charge on any atom is -0.412 e. The second kappa shape index (κ2) is 78.7. The van der Waals surface area contributed by atoms with Crippen molar-refractivity contribution in [3.63, 3.8) is 0 Å². The highest BCUT2D eigenvalue weighted by Gasteiger charge is 1.51. The number of rotatable bonds is 0.